The lowest BCUT2D eigenvalue weighted by Crippen LogP contribution is -2.27. The largest absolute Gasteiger partial charge is 0.383 e. The van der Waals surface area contributed by atoms with Gasteiger partial charge in [-0.3, -0.25) is 19.9 Å². The molecule has 2 rings (SSSR count). The van der Waals surface area contributed by atoms with E-state index in [9.17, 15) is 14.9 Å². The van der Waals surface area contributed by atoms with Crippen molar-refractivity contribution in [2.75, 3.05) is 17.7 Å². The van der Waals surface area contributed by atoms with Crippen LogP contribution in [0.4, 0.5) is 17.2 Å². The van der Waals surface area contributed by atoms with Gasteiger partial charge in [0.05, 0.1) is 22.4 Å². The first kappa shape index (κ1) is 13.4. The summed E-state index contributed by atoms with van der Waals surface area (Å²) in [5.74, 6) is -0.553. The van der Waals surface area contributed by atoms with Crippen molar-refractivity contribution in [2.45, 2.75) is 0 Å². The van der Waals surface area contributed by atoms with Crippen LogP contribution < -0.4 is 10.6 Å². The van der Waals surface area contributed by atoms with E-state index in [0.717, 1.165) is 12.3 Å². The van der Waals surface area contributed by atoms with Gasteiger partial charge in [-0.2, -0.15) is 0 Å². The summed E-state index contributed by atoms with van der Waals surface area (Å²) < 4.78 is 0. The minimum Gasteiger partial charge on any atom is -0.383 e. The second kappa shape index (κ2) is 5.31. The van der Waals surface area contributed by atoms with Gasteiger partial charge in [0, 0.05) is 19.3 Å². The minimum atomic E-state index is -0.632. The van der Waals surface area contributed by atoms with Crippen LogP contribution in [0.25, 0.3) is 0 Å². The van der Waals surface area contributed by atoms with Crippen molar-refractivity contribution in [1.29, 1.82) is 0 Å². The molecule has 20 heavy (non-hydrogen) atoms. The topological polar surface area (TPSA) is 115 Å². The van der Waals surface area contributed by atoms with Crippen LogP contribution in [0, 0.1) is 10.1 Å². The van der Waals surface area contributed by atoms with Gasteiger partial charge in [-0.05, 0) is 12.1 Å². The number of hydrogen-bond acceptors (Lipinski definition) is 6. The third-order valence-corrected chi connectivity index (χ3v) is 2.68. The third kappa shape index (κ3) is 2.53. The van der Waals surface area contributed by atoms with Crippen LogP contribution in [0.1, 0.15) is 10.4 Å². The van der Waals surface area contributed by atoms with Gasteiger partial charge in [0.2, 0.25) is 0 Å². The van der Waals surface area contributed by atoms with Gasteiger partial charge in [0.15, 0.2) is 0 Å². The molecule has 0 bridgehead atoms. The van der Waals surface area contributed by atoms with Crippen LogP contribution >= 0.6 is 0 Å². The van der Waals surface area contributed by atoms with E-state index in [4.69, 9.17) is 5.73 Å². The van der Waals surface area contributed by atoms with Gasteiger partial charge in [-0.25, -0.2) is 4.98 Å². The molecule has 8 heteroatoms. The Balaban J connectivity index is 2.38. The number of rotatable bonds is 3. The molecule has 0 radical (unpaired) electrons. The Labute approximate surface area is 114 Å². The van der Waals surface area contributed by atoms with Crippen molar-refractivity contribution in [1.82, 2.24) is 9.97 Å². The van der Waals surface area contributed by atoms with E-state index in [1.807, 2.05) is 0 Å². The number of nitrogens with two attached hydrogens (primary N) is 1. The summed E-state index contributed by atoms with van der Waals surface area (Å²) in [6.07, 6.45) is 4.08. The lowest BCUT2D eigenvalue weighted by molar-refractivity contribution is -0.385. The zero-order chi connectivity index (χ0) is 14.7. The molecule has 0 spiro atoms. The summed E-state index contributed by atoms with van der Waals surface area (Å²) >= 11 is 0. The lowest BCUT2D eigenvalue weighted by atomic mass is 10.2. The number of nitro groups is 1. The highest BCUT2D eigenvalue weighted by atomic mass is 16.6. The SMILES string of the molecule is CN(C(=O)c1cc([N+](=O)[O-])cnc1N)c1cccnc1. The molecule has 2 heterocycles. The number of nitrogen functional groups attached to an aromatic ring is 1. The van der Waals surface area contributed by atoms with Crippen molar-refractivity contribution in [3.63, 3.8) is 0 Å². The Morgan fingerprint density at radius 1 is 1.45 bits per heavy atom. The van der Waals surface area contributed by atoms with E-state index in [-0.39, 0.29) is 17.1 Å². The summed E-state index contributed by atoms with van der Waals surface area (Å²) in [6.45, 7) is 0. The van der Waals surface area contributed by atoms with Crippen LogP contribution in [0.3, 0.4) is 0 Å². The quantitative estimate of drug-likeness (QED) is 0.664. The molecule has 2 aromatic rings. The van der Waals surface area contributed by atoms with Crippen molar-refractivity contribution in [2.24, 2.45) is 0 Å². The molecule has 0 aliphatic heterocycles. The highest BCUT2D eigenvalue weighted by Gasteiger charge is 2.20. The van der Waals surface area contributed by atoms with Gasteiger partial charge >= 0.3 is 0 Å². The van der Waals surface area contributed by atoms with Gasteiger partial charge in [-0.15, -0.1) is 0 Å². The molecular formula is C12H11N5O3. The molecule has 0 atom stereocenters. The fourth-order valence-corrected chi connectivity index (χ4v) is 1.59. The van der Waals surface area contributed by atoms with Gasteiger partial charge in [0.1, 0.15) is 12.0 Å². The highest BCUT2D eigenvalue weighted by Crippen LogP contribution is 2.20. The third-order valence-electron chi connectivity index (χ3n) is 2.68. The lowest BCUT2D eigenvalue weighted by Gasteiger charge is -2.17. The molecule has 102 valence electrons. The molecule has 0 saturated heterocycles. The molecule has 1 amide bonds. The molecule has 0 fully saturated rings. The van der Waals surface area contributed by atoms with Crippen LogP contribution in [-0.2, 0) is 0 Å². The molecule has 0 aliphatic rings. The van der Waals surface area contributed by atoms with Crippen molar-refractivity contribution in [3.05, 3.63) is 52.5 Å². The highest BCUT2D eigenvalue weighted by molar-refractivity contribution is 6.08. The molecule has 2 aromatic heterocycles. The molecule has 0 aromatic carbocycles. The zero-order valence-electron chi connectivity index (χ0n) is 10.6. The molecule has 8 nitrogen and oxygen atoms in total. The molecule has 0 saturated carbocycles. The molecule has 0 unspecified atom stereocenters. The summed E-state index contributed by atoms with van der Waals surface area (Å²) in [5.41, 5.74) is 5.84. The Morgan fingerprint density at radius 3 is 2.80 bits per heavy atom. The predicted molar refractivity (Wildman–Crippen MR) is 72.3 cm³/mol. The Bertz CT molecular complexity index is 659. The van der Waals surface area contributed by atoms with E-state index >= 15 is 0 Å². The number of hydrogen-bond donors (Lipinski definition) is 1. The smallest absolute Gasteiger partial charge is 0.288 e. The maximum absolute atomic E-state index is 12.3. The van der Waals surface area contributed by atoms with E-state index < -0.39 is 10.8 Å². The normalized spacial score (nSPS) is 10.1. The fraction of sp³-hybridized carbons (Fsp3) is 0.0833. The van der Waals surface area contributed by atoms with E-state index in [2.05, 4.69) is 9.97 Å². The van der Waals surface area contributed by atoms with Gasteiger partial charge in [-0.1, -0.05) is 0 Å². The standard InChI is InChI=1S/C12H11N5O3/c1-16(8-3-2-4-14-6-8)12(18)10-5-9(17(19)20)7-15-11(10)13/h2-7H,1H3,(H2,13,15). The second-order valence-corrected chi connectivity index (χ2v) is 3.96. The number of anilines is 2. The molecule has 0 aliphatic carbocycles. The number of carbonyl (C=O) groups excluding carboxylic acids is 1. The first-order valence-corrected chi connectivity index (χ1v) is 5.58. The fourth-order valence-electron chi connectivity index (χ4n) is 1.59. The predicted octanol–water partition coefficient (Wildman–Crippen LogP) is 1.24. The van der Waals surface area contributed by atoms with Crippen molar-refractivity contribution in [3.8, 4) is 0 Å². The van der Waals surface area contributed by atoms with Gasteiger partial charge in [0.25, 0.3) is 11.6 Å². The average molecular weight is 273 g/mol. The number of amides is 1. The van der Waals surface area contributed by atoms with E-state index in [0.29, 0.717) is 5.69 Å². The number of pyridine rings is 2. The van der Waals surface area contributed by atoms with Gasteiger partial charge < -0.3 is 10.6 Å². The summed E-state index contributed by atoms with van der Waals surface area (Å²) in [7, 11) is 1.53. The Kier molecular flexibility index (Phi) is 3.56. The first-order valence-electron chi connectivity index (χ1n) is 5.58. The summed E-state index contributed by atoms with van der Waals surface area (Å²) in [5, 5.41) is 10.7. The molecular weight excluding hydrogens is 262 g/mol. The van der Waals surface area contributed by atoms with Crippen LogP contribution in [0.5, 0.6) is 0 Å². The monoisotopic (exact) mass is 273 g/mol. The molecule has 2 N–H and O–H groups in total. The maximum atomic E-state index is 12.3. The summed E-state index contributed by atoms with van der Waals surface area (Å²) in [6, 6.07) is 4.47. The Hall–Kier alpha value is -3.03. The first-order chi connectivity index (χ1) is 9.50. The second-order valence-electron chi connectivity index (χ2n) is 3.96. The average Bonchev–Trinajstić information content (AvgIpc) is 2.47. The number of aromatic nitrogens is 2. The van der Waals surface area contributed by atoms with E-state index in [1.54, 1.807) is 18.3 Å². The maximum Gasteiger partial charge on any atom is 0.288 e. The van der Waals surface area contributed by atoms with Crippen molar-refractivity contribution < 1.29 is 9.72 Å². The van der Waals surface area contributed by atoms with Crippen LogP contribution in [-0.4, -0.2) is 27.8 Å². The van der Waals surface area contributed by atoms with Crippen LogP contribution in [0.2, 0.25) is 0 Å². The van der Waals surface area contributed by atoms with Crippen molar-refractivity contribution >= 4 is 23.1 Å². The Morgan fingerprint density at radius 2 is 2.20 bits per heavy atom. The minimum absolute atomic E-state index is 0.0226. The van der Waals surface area contributed by atoms with Crippen LogP contribution in [0.15, 0.2) is 36.8 Å². The number of nitrogens with zero attached hydrogens (tertiary/aromatic N) is 4. The zero-order valence-corrected chi connectivity index (χ0v) is 10.6. The van der Waals surface area contributed by atoms with E-state index in [1.165, 1.54) is 18.1 Å². The number of carbonyl (C=O) groups is 1. The summed E-state index contributed by atoms with van der Waals surface area (Å²) in [4.78, 5) is 31.2.